The molecule has 124 valence electrons. The van der Waals surface area contributed by atoms with Crippen LogP contribution in [0.4, 0.5) is 0 Å². The fourth-order valence-corrected chi connectivity index (χ4v) is 3.82. The third-order valence-electron chi connectivity index (χ3n) is 3.77. The van der Waals surface area contributed by atoms with Gasteiger partial charge in [-0.15, -0.1) is 10.2 Å². The van der Waals surface area contributed by atoms with Crippen molar-refractivity contribution in [3.8, 4) is 11.5 Å². The highest BCUT2D eigenvalue weighted by molar-refractivity contribution is 7.87. The van der Waals surface area contributed by atoms with Crippen molar-refractivity contribution in [3.63, 3.8) is 0 Å². The fraction of sp³-hybridized carbons (Fsp3) is 0.467. The molecule has 0 radical (unpaired) electrons. The highest BCUT2D eigenvalue weighted by Crippen LogP contribution is 2.17. The van der Waals surface area contributed by atoms with Crippen LogP contribution >= 0.6 is 0 Å². The molecule has 1 aliphatic heterocycles. The lowest BCUT2D eigenvalue weighted by Crippen LogP contribution is -2.44. The summed E-state index contributed by atoms with van der Waals surface area (Å²) in [4.78, 5) is 0. The monoisotopic (exact) mass is 336 g/mol. The second kappa shape index (κ2) is 7.20. The molecule has 0 bridgehead atoms. The van der Waals surface area contributed by atoms with Gasteiger partial charge in [0.2, 0.25) is 11.8 Å². The molecule has 1 aromatic heterocycles. The van der Waals surface area contributed by atoms with Crippen LogP contribution in [-0.4, -0.2) is 42.6 Å². The normalized spacial score (nSPS) is 16.5. The first kappa shape index (κ1) is 16.1. The summed E-state index contributed by atoms with van der Waals surface area (Å²) in [5.74, 6) is 0.865. The predicted octanol–water partition coefficient (Wildman–Crippen LogP) is 1.60. The molecule has 7 nitrogen and oxygen atoms in total. The van der Waals surface area contributed by atoms with Crippen LogP contribution in [0.25, 0.3) is 11.5 Å². The molecule has 3 rings (SSSR count). The topological polar surface area (TPSA) is 88.3 Å². The number of piperidine rings is 1. The minimum Gasteiger partial charge on any atom is -0.421 e. The van der Waals surface area contributed by atoms with Crippen LogP contribution in [0.5, 0.6) is 0 Å². The Balaban J connectivity index is 1.54. The minimum absolute atomic E-state index is 0.245. The van der Waals surface area contributed by atoms with Crippen LogP contribution in [-0.2, 0) is 16.6 Å². The molecule has 0 spiro atoms. The van der Waals surface area contributed by atoms with Gasteiger partial charge in [-0.3, -0.25) is 0 Å². The van der Waals surface area contributed by atoms with Gasteiger partial charge < -0.3 is 4.42 Å². The predicted molar refractivity (Wildman–Crippen MR) is 85.8 cm³/mol. The maximum atomic E-state index is 12.2. The maximum Gasteiger partial charge on any atom is 0.279 e. The van der Waals surface area contributed by atoms with Crippen molar-refractivity contribution in [1.82, 2.24) is 19.2 Å². The van der Waals surface area contributed by atoms with Crippen molar-refractivity contribution in [2.75, 3.05) is 19.6 Å². The summed E-state index contributed by atoms with van der Waals surface area (Å²) in [5, 5.41) is 7.95. The molecule has 1 N–H and O–H groups in total. The van der Waals surface area contributed by atoms with E-state index in [-0.39, 0.29) is 6.54 Å². The molecule has 1 aliphatic rings. The van der Waals surface area contributed by atoms with Gasteiger partial charge in [0.1, 0.15) is 0 Å². The summed E-state index contributed by atoms with van der Waals surface area (Å²) in [5.41, 5.74) is 0.847. The van der Waals surface area contributed by atoms with Crippen molar-refractivity contribution >= 4 is 10.2 Å². The van der Waals surface area contributed by atoms with Crippen LogP contribution in [0.15, 0.2) is 34.7 Å². The second-order valence-corrected chi connectivity index (χ2v) is 7.23. The molecule has 0 saturated carbocycles. The molecular formula is C15H20N4O3S. The zero-order valence-corrected chi connectivity index (χ0v) is 13.6. The van der Waals surface area contributed by atoms with Crippen LogP contribution in [0, 0.1) is 0 Å². The first-order chi connectivity index (χ1) is 11.1. The fourth-order valence-electron chi connectivity index (χ4n) is 2.54. The first-order valence-electron chi connectivity index (χ1n) is 7.78. The Morgan fingerprint density at radius 1 is 1.09 bits per heavy atom. The molecular weight excluding hydrogens is 316 g/mol. The lowest BCUT2D eigenvalue weighted by molar-refractivity contribution is 0.341. The highest BCUT2D eigenvalue weighted by atomic mass is 32.2. The SMILES string of the molecule is O=S(=O)(NCCc1nnc(-c2ccccc2)o1)N1CCCCC1. The van der Waals surface area contributed by atoms with Gasteiger partial charge in [-0.1, -0.05) is 24.6 Å². The van der Waals surface area contributed by atoms with E-state index in [1.54, 1.807) is 0 Å². The van der Waals surface area contributed by atoms with E-state index in [1.165, 1.54) is 4.31 Å². The van der Waals surface area contributed by atoms with Crippen molar-refractivity contribution in [2.45, 2.75) is 25.7 Å². The molecule has 1 fully saturated rings. The Bertz CT molecular complexity index is 724. The van der Waals surface area contributed by atoms with Gasteiger partial charge in [-0.2, -0.15) is 12.7 Å². The van der Waals surface area contributed by atoms with E-state index in [9.17, 15) is 8.42 Å². The van der Waals surface area contributed by atoms with Crippen molar-refractivity contribution in [3.05, 3.63) is 36.2 Å². The number of rotatable bonds is 6. The summed E-state index contributed by atoms with van der Waals surface area (Å²) >= 11 is 0. The minimum atomic E-state index is -3.41. The van der Waals surface area contributed by atoms with Gasteiger partial charge in [-0.25, -0.2) is 4.72 Å². The van der Waals surface area contributed by atoms with Gasteiger partial charge in [0.05, 0.1) is 0 Å². The van der Waals surface area contributed by atoms with Crippen LogP contribution in [0.1, 0.15) is 25.2 Å². The number of hydrogen-bond donors (Lipinski definition) is 1. The van der Waals surface area contributed by atoms with Gasteiger partial charge in [0.15, 0.2) is 0 Å². The number of nitrogens with zero attached hydrogens (tertiary/aromatic N) is 3. The Hall–Kier alpha value is -1.77. The summed E-state index contributed by atoms with van der Waals surface area (Å²) in [6.45, 7) is 1.43. The van der Waals surface area contributed by atoms with E-state index in [4.69, 9.17) is 4.42 Å². The Morgan fingerprint density at radius 3 is 2.57 bits per heavy atom. The quantitative estimate of drug-likeness (QED) is 0.865. The van der Waals surface area contributed by atoms with E-state index in [0.29, 0.717) is 31.3 Å². The number of nitrogens with one attached hydrogen (secondary N) is 1. The summed E-state index contributed by atoms with van der Waals surface area (Å²) in [7, 11) is -3.41. The summed E-state index contributed by atoms with van der Waals surface area (Å²) < 4.78 is 34.0. The van der Waals surface area contributed by atoms with Crippen LogP contribution < -0.4 is 4.72 Å². The van der Waals surface area contributed by atoms with E-state index >= 15 is 0 Å². The summed E-state index contributed by atoms with van der Waals surface area (Å²) in [6.07, 6.45) is 3.30. The molecule has 0 atom stereocenters. The van der Waals surface area contributed by atoms with Crippen LogP contribution in [0.3, 0.4) is 0 Å². The Kier molecular flexibility index (Phi) is 5.04. The lowest BCUT2D eigenvalue weighted by Gasteiger charge is -2.25. The van der Waals surface area contributed by atoms with E-state index in [1.807, 2.05) is 30.3 Å². The smallest absolute Gasteiger partial charge is 0.279 e. The van der Waals surface area contributed by atoms with E-state index in [0.717, 1.165) is 24.8 Å². The maximum absolute atomic E-state index is 12.2. The number of hydrogen-bond acceptors (Lipinski definition) is 5. The lowest BCUT2D eigenvalue weighted by atomic mass is 10.2. The number of benzene rings is 1. The van der Waals surface area contributed by atoms with Gasteiger partial charge in [0, 0.05) is 31.6 Å². The van der Waals surface area contributed by atoms with Gasteiger partial charge in [-0.05, 0) is 25.0 Å². The molecule has 2 heterocycles. The van der Waals surface area contributed by atoms with Crippen molar-refractivity contribution in [2.24, 2.45) is 0 Å². The molecule has 2 aromatic rings. The first-order valence-corrected chi connectivity index (χ1v) is 9.22. The van der Waals surface area contributed by atoms with E-state index < -0.39 is 10.2 Å². The molecule has 23 heavy (non-hydrogen) atoms. The Morgan fingerprint density at radius 2 is 1.83 bits per heavy atom. The largest absolute Gasteiger partial charge is 0.421 e. The summed E-state index contributed by atoms with van der Waals surface area (Å²) in [6, 6.07) is 9.47. The molecule has 1 aromatic carbocycles. The van der Waals surface area contributed by atoms with Gasteiger partial charge >= 0.3 is 0 Å². The highest BCUT2D eigenvalue weighted by Gasteiger charge is 2.23. The van der Waals surface area contributed by atoms with Crippen LogP contribution in [0.2, 0.25) is 0 Å². The molecule has 0 aliphatic carbocycles. The van der Waals surface area contributed by atoms with Crippen molar-refractivity contribution < 1.29 is 12.8 Å². The third-order valence-corrected chi connectivity index (χ3v) is 5.38. The van der Waals surface area contributed by atoms with Crippen molar-refractivity contribution in [1.29, 1.82) is 0 Å². The zero-order chi connectivity index (χ0) is 16.1. The van der Waals surface area contributed by atoms with Gasteiger partial charge in [0.25, 0.3) is 10.2 Å². The standard InChI is InChI=1S/C15H20N4O3S/c20-23(21,19-11-5-2-6-12-19)16-10-9-14-17-18-15(22-14)13-7-3-1-4-8-13/h1,3-4,7-8,16H,2,5-6,9-12H2. The average Bonchev–Trinajstić information content (AvgIpc) is 3.05. The number of aromatic nitrogens is 2. The van der Waals surface area contributed by atoms with E-state index in [2.05, 4.69) is 14.9 Å². The third kappa shape index (κ3) is 4.15. The molecule has 0 unspecified atom stereocenters. The molecule has 1 saturated heterocycles. The molecule has 8 heteroatoms. The average molecular weight is 336 g/mol. The zero-order valence-electron chi connectivity index (χ0n) is 12.8. The second-order valence-electron chi connectivity index (χ2n) is 5.48. The Labute approximate surface area is 135 Å². The molecule has 0 amide bonds.